The van der Waals surface area contributed by atoms with Gasteiger partial charge in [-0.25, -0.2) is 0 Å². The molecule has 0 radical (unpaired) electrons. The summed E-state index contributed by atoms with van der Waals surface area (Å²) in [5.74, 6) is 0.790. The molecule has 0 atom stereocenters. The van der Waals surface area contributed by atoms with Crippen LogP contribution in [-0.2, 0) is 9.59 Å². The summed E-state index contributed by atoms with van der Waals surface area (Å²) < 4.78 is 10.9. The van der Waals surface area contributed by atoms with Crippen molar-refractivity contribution in [2.45, 2.75) is 52.1 Å². The van der Waals surface area contributed by atoms with E-state index in [9.17, 15) is 9.59 Å². The van der Waals surface area contributed by atoms with Crippen LogP contribution in [0.5, 0.6) is 11.5 Å². The van der Waals surface area contributed by atoms with Gasteiger partial charge >= 0.3 is 0 Å². The molecule has 0 fully saturated rings. The van der Waals surface area contributed by atoms with Crippen molar-refractivity contribution in [2.24, 2.45) is 0 Å². The zero-order valence-corrected chi connectivity index (χ0v) is 19.4. The maximum Gasteiger partial charge on any atom is 0.257 e. The third-order valence-electron chi connectivity index (χ3n) is 4.92. The van der Waals surface area contributed by atoms with Crippen LogP contribution in [-0.4, -0.2) is 49.7 Å². The second kappa shape index (κ2) is 10.5. The molecule has 0 saturated carbocycles. The van der Waals surface area contributed by atoms with E-state index in [0.717, 1.165) is 11.1 Å². The van der Waals surface area contributed by atoms with Gasteiger partial charge in [0.05, 0.1) is 7.11 Å². The molecule has 3 N–H and O–H groups in total. The summed E-state index contributed by atoms with van der Waals surface area (Å²) in [5, 5.41) is 9.15. The monoisotopic (exact) mass is 429 g/mol. The maximum absolute atomic E-state index is 12.5. The molecule has 0 bridgehead atoms. The molecular formula is C24H35N3O4. The summed E-state index contributed by atoms with van der Waals surface area (Å²) in [6.07, 6.45) is 6.50. The molecule has 0 aliphatic carbocycles. The fourth-order valence-corrected chi connectivity index (χ4v) is 3.71. The zero-order valence-electron chi connectivity index (χ0n) is 19.4. The summed E-state index contributed by atoms with van der Waals surface area (Å²) in [6, 6.07) is 5.54. The lowest BCUT2D eigenvalue weighted by atomic mass is 9.96. The molecule has 0 unspecified atom stereocenters. The molecule has 1 aliphatic rings. The van der Waals surface area contributed by atoms with Crippen molar-refractivity contribution in [1.29, 1.82) is 0 Å². The number of ether oxygens (including phenoxy) is 2. The van der Waals surface area contributed by atoms with Gasteiger partial charge in [-0.1, -0.05) is 24.3 Å². The molecule has 7 nitrogen and oxygen atoms in total. The molecule has 31 heavy (non-hydrogen) atoms. The second-order valence-electron chi connectivity index (χ2n) is 8.69. The number of carbonyl (C=O) groups is 2. The highest BCUT2D eigenvalue weighted by Crippen LogP contribution is 2.30. The van der Waals surface area contributed by atoms with Crippen LogP contribution in [0.25, 0.3) is 6.08 Å². The van der Waals surface area contributed by atoms with Crippen LogP contribution < -0.4 is 25.4 Å². The number of hydrogen-bond acceptors (Lipinski definition) is 5. The van der Waals surface area contributed by atoms with Gasteiger partial charge in [0.15, 0.2) is 18.1 Å². The standard InChI is InChI=1S/C24H35N3O4/c1-7-9-17-10-11-19(20(14-17)30-6)31-16-21(28)25-12-8-13-26-22(29)18-15-23(2,3)27-24(18,4)5/h7,9-11,14-15,27H,8,12-13,16H2,1-6H3,(H,25,28)(H,26,29)/b9-7-. The Morgan fingerprint density at radius 3 is 2.42 bits per heavy atom. The van der Waals surface area contributed by atoms with Crippen molar-refractivity contribution in [3.63, 3.8) is 0 Å². The summed E-state index contributed by atoms with van der Waals surface area (Å²) >= 11 is 0. The van der Waals surface area contributed by atoms with Crippen LogP contribution in [0.4, 0.5) is 0 Å². The number of allylic oxidation sites excluding steroid dienone is 1. The minimum Gasteiger partial charge on any atom is -0.493 e. The number of rotatable bonds is 10. The molecule has 0 saturated heterocycles. The Morgan fingerprint density at radius 1 is 1.10 bits per heavy atom. The van der Waals surface area contributed by atoms with Gasteiger partial charge in [0.2, 0.25) is 5.91 Å². The van der Waals surface area contributed by atoms with Crippen molar-refractivity contribution in [3.8, 4) is 11.5 Å². The van der Waals surface area contributed by atoms with E-state index in [0.29, 0.717) is 31.0 Å². The number of hydrogen-bond donors (Lipinski definition) is 3. The van der Waals surface area contributed by atoms with Crippen molar-refractivity contribution in [2.75, 3.05) is 26.8 Å². The first-order valence-electron chi connectivity index (χ1n) is 10.6. The van der Waals surface area contributed by atoms with Crippen molar-refractivity contribution < 1.29 is 19.1 Å². The van der Waals surface area contributed by atoms with Crippen molar-refractivity contribution >= 4 is 17.9 Å². The van der Waals surface area contributed by atoms with Gasteiger partial charge in [-0.3, -0.25) is 14.9 Å². The van der Waals surface area contributed by atoms with Crippen LogP contribution in [0.15, 0.2) is 35.9 Å². The third kappa shape index (κ3) is 7.14. The summed E-state index contributed by atoms with van der Waals surface area (Å²) in [5.41, 5.74) is 1.16. The van der Waals surface area contributed by atoms with Crippen LogP contribution in [0.2, 0.25) is 0 Å². The van der Waals surface area contributed by atoms with Crippen LogP contribution in [0.3, 0.4) is 0 Å². The lowest BCUT2D eigenvalue weighted by molar-refractivity contribution is -0.123. The predicted molar refractivity (Wildman–Crippen MR) is 123 cm³/mol. The molecule has 1 aromatic carbocycles. The Hall–Kier alpha value is -2.80. The average molecular weight is 430 g/mol. The van der Waals surface area contributed by atoms with Crippen LogP contribution in [0.1, 0.15) is 46.6 Å². The first-order chi connectivity index (χ1) is 14.6. The Morgan fingerprint density at radius 2 is 1.81 bits per heavy atom. The number of amides is 2. The Kier molecular flexibility index (Phi) is 8.28. The predicted octanol–water partition coefficient (Wildman–Crippen LogP) is 2.82. The van der Waals surface area contributed by atoms with Gasteiger partial charge in [-0.05, 0) is 58.7 Å². The number of carbonyl (C=O) groups excluding carboxylic acids is 2. The van der Waals surface area contributed by atoms with Crippen LogP contribution in [0, 0.1) is 0 Å². The lowest BCUT2D eigenvalue weighted by Gasteiger charge is -2.27. The largest absolute Gasteiger partial charge is 0.493 e. The SMILES string of the molecule is C/C=C\c1ccc(OCC(=O)NCCCNC(=O)C2=CC(C)(C)NC2(C)C)c(OC)c1. The maximum atomic E-state index is 12.5. The van der Waals surface area contributed by atoms with Gasteiger partial charge in [0, 0.05) is 29.7 Å². The topological polar surface area (TPSA) is 88.7 Å². The minimum absolute atomic E-state index is 0.0776. The molecule has 1 heterocycles. The van der Waals surface area contributed by atoms with E-state index in [-0.39, 0.29) is 29.5 Å². The van der Waals surface area contributed by atoms with Gasteiger partial charge < -0.3 is 20.1 Å². The van der Waals surface area contributed by atoms with E-state index in [1.54, 1.807) is 13.2 Å². The minimum atomic E-state index is -0.370. The molecule has 0 spiro atoms. The number of benzene rings is 1. The molecule has 170 valence electrons. The van der Waals surface area contributed by atoms with E-state index in [4.69, 9.17) is 9.47 Å². The van der Waals surface area contributed by atoms with Gasteiger partial charge in [0.1, 0.15) is 0 Å². The molecule has 1 aliphatic heterocycles. The van der Waals surface area contributed by atoms with Gasteiger partial charge in [-0.2, -0.15) is 0 Å². The summed E-state index contributed by atoms with van der Waals surface area (Å²) in [7, 11) is 1.57. The van der Waals surface area contributed by atoms with E-state index in [1.807, 2.05) is 65.0 Å². The molecule has 0 aromatic heterocycles. The molecule has 2 amide bonds. The normalized spacial score (nSPS) is 16.6. The highest BCUT2D eigenvalue weighted by molar-refractivity contribution is 5.96. The molecule has 1 aromatic rings. The first-order valence-corrected chi connectivity index (χ1v) is 10.6. The Bertz CT molecular complexity index is 856. The fourth-order valence-electron chi connectivity index (χ4n) is 3.71. The quantitative estimate of drug-likeness (QED) is 0.498. The fraction of sp³-hybridized carbons (Fsp3) is 0.500. The van der Waals surface area contributed by atoms with Crippen molar-refractivity contribution in [1.82, 2.24) is 16.0 Å². The van der Waals surface area contributed by atoms with Crippen molar-refractivity contribution in [3.05, 3.63) is 41.5 Å². The lowest BCUT2D eigenvalue weighted by Crippen LogP contribution is -2.47. The van der Waals surface area contributed by atoms with E-state index in [1.165, 1.54) is 0 Å². The van der Waals surface area contributed by atoms with E-state index < -0.39 is 0 Å². The van der Waals surface area contributed by atoms with Gasteiger partial charge in [0.25, 0.3) is 5.91 Å². The number of methoxy groups -OCH3 is 1. The first kappa shape index (κ1) is 24.5. The Balaban J connectivity index is 1.71. The third-order valence-corrected chi connectivity index (χ3v) is 4.92. The summed E-state index contributed by atoms with van der Waals surface area (Å²) in [6.45, 7) is 10.8. The highest BCUT2D eigenvalue weighted by Gasteiger charge is 2.39. The zero-order chi connectivity index (χ0) is 23.1. The second-order valence-corrected chi connectivity index (χ2v) is 8.69. The molecular weight excluding hydrogens is 394 g/mol. The average Bonchev–Trinajstić information content (AvgIpc) is 2.93. The van der Waals surface area contributed by atoms with Gasteiger partial charge in [-0.15, -0.1) is 0 Å². The molecule has 7 heteroatoms. The van der Waals surface area contributed by atoms with Crippen LogP contribution >= 0.6 is 0 Å². The summed E-state index contributed by atoms with van der Waals surface area (Å²) in [4.78, 5) is 24.5. The highest BCUT2D eigenvalue weighted by atomic mass is 16.5. The smallest absolute Gasteiger partial charge is 0.257 e. The Labute approximate surface area is 185 Å². The van der Waals surface area contributed by atoms with E-state index in [2.05, 4.69) is 16.0 Å². The van der Waals surface area contributed by atoms with E-state index >= 15 is 0 Å². The molecule has 2 rings (SSSR count). The number of nitrogens with one attached hydrogen (secondary N) is 3.